The monoisotopic (exact) mass is 278 g/mol. The van der Waals surface area contributed by atoms with Gasteiger partial charge in [-0.25, -0.2) is 4.79 Å². The third-order valence-electron chi connectivity index (χ3n) is 3.21. The topological polar surface area (TPSA) is 81.4 Å². The number of carbonyl (C=O) groups excluding carboxylic acids is 2. The first-order valence-corrected chi connectivity index (χ1v) is 6.43. The maximum Gasteiger partial charge on any atom is 0.338 e. The van der Waals surface area contributed by atoms with Gasteiger partial charge in [0.05, 0.1) is 18.7 Å². The molecule has 0 unspecified atom stereocenters. The molecule has 0 spiro atoms. The van der Waals surface area contributed by atoms with Crippen LogP contribution in [0, 0.1) is 12.3 Å². The Hall–Kier alpha value is -1.88. The molecule has 3 N–H and O–H groups in total. The Bertz CT molecular complexity index is 518. The number of amides is 1. The maximum atomic E-state index is 12.1. The summed E-state index contributed by atoms with van der Waals surface area (Å²) in [6, 6.07) is 4.44. The number of benzene rings is 1. The highest BCUT2D eigenvalue weighted by molar-refractivity contribution is 5.98. The smallest absolute Gasteiger partial charge is 0.338 e. The number of nitrogens with one attached hydrogen (secondary N) is 1. The molecule has 1 amide bonds. The predicted octanol–water partition coefficient (Wildman–Crippen LogP) is 2.09. The third-order valence-corrected chi connectivity index (χ3v) is 3.21. The fraction of sp³-hybridized carbons (Fsp3) is 0.467. The van der Waals surface area contributed by atoms with E-state index in [0.717, 1.165) is 0 Å². The Morgan fingerprint density at radius 3 is 2.40 bits per heavy atom. The zero-order chi connectivity index (χ0) is 15.5. The SMILES string of the molecule is COC(=O)c1cccc(NC(=O)[C@H](N)C(C)(C)C)c1C. The Balaban J connectivity index is 3.00. The lowest BCUT2D eigenvalue weighted by atomic mass is 9.87. The van der Waals surface area contributed by atoms with Crippen LogP contribution in [0.25, 0.3) is 0 Å². The number of hydrogen-bond donors (Lipinski definition) is 2. The molecular weight excluding hydrogens is 256 g/mol. The molecule has 0 aromatic heterocycles. The van der Waals surface area contributed by atoms with Crippen LogP contribution in [0.4, 0.5) is 5.69 Å². The van der Waals surface area contributed by atoms with E-state index in [-0.39, 0.29) is 11.3 Å². The van der Waals surface area contributed by atoms with Crippen LogP contribution >= 0.6 is 0 Å². The Morgan fingerprint density at radius 2 is 1.90 bits per heavy atom. The minimum absolute atomic E-state index is 0.275. The quantitative estimate of drug-likeness (QED) is 0.830. The largest absolute Gasteiger partial charge is 0.465 e. The number of anilines is 1. The minimum Gasteiger partial charge on any atom is -0.465 e. The van der Waals surface area contributed by atoms with Crippen molar-refractivity contribution in [3.8, 4) is 0 Å². The van der Waals surface area contributed by atoms with E-state index >= 15 is 0 Å². The van der Waals surface area contributed by atoms with Crippen LogP contribution in [-0.2, 0) is 9.53 Å². The standard InChI is InChI=1S/C15H22N2O3/c1-9-10(14(19)20-5)7-6-8-11(9)17-13(18)12(16)15(2,3)4/h6-8,12H,16H2,1-5H3,(H,17,18)/t12-/m0/s1. The molecule has 1 aromatic carbocycles. The Kier molecular flexibility index (Phi) is 4.89. The first-order chi connectivity index (χ1) is 9.18. The molecule has 5 heteroatoms. The molecule has 110 valence electrons. The van der Waals surface area contributed by atoms with Crippen molar-refractivity contribution in [1.29, 1.82) is 0 Å². The second-order valence-electron chi connectivity index (χ2n) is 5.80. The fourth-order valence-corrected chi connectivity index (χ4v) is 1.71. The zero-order valence-corrected chi connectivity index (χ0v) is 12.6. The van der Waals surface area contributed by atoms with E-state index in [1.165, 1.54) is 7.11 Å². The summed E-state index contributed by atoms with van der Waals surface area (Å²) in [6.07, 6.45) is 0. The number of hydrogen-bond acceptors (Lipinski definition) is 4. The van der Waals surface area contributed by atoms with Crippen LogP contribution in [0.1, 0.15) is 36.7 Å². The number of methoxy groups -OCH3 is 1. The van der Waals surface area contributed by atoms with Crippen molar-refractivity contribution >= 4 is 17.6 Å². The molecule has 0 aliphatic carbocycles. The summed E-state index contributed by atoms with van der Waals surface area (Å²) in [4.78, 5) is 23.7. The number of rotatable bonds is 3. The molecule has 0 aliphatic heterocycles. The molecule has 0 fully saturated rings. The van der Waals surface area contributed by atoms with Gasteiger partial charge in [-0.15, -0.1) is 0 Å². The molecule has 0 aliphatic rings. The van der Waals surface area contributed by atoms with Crippen LogP contribution in [0.3, 0.4) is 0 Å². The molecule has 0 radical (unpaired) electrons. The molecule has 20 heavy (non-hydrogen) atoms. The summed E-state index contributed by atoms with van der Waals surface area (Å²) in [5, 5.41) is 2.76. The molecule has 1 rings (SSSR count). The normalized spacial score (nSPS) is 12.7. The second kappa shape index (κ2) is 6.05. The zero-order valence-electron chi connectivity index (χ0n) is 12.6. The molecule has 1 atom stereocenters. The van der Waals surface area contributed by atoms with Crippen molar-refractivity contribution in [3.63, 3.8) is 0 Å². The summed E-state index contributed by atoms with van der Waals surface area (Å²) >= 11 is 0. The van der Waals surface area contributed by atoms with Gasteiger partial charge < -0.3 is 15.8 Å². The first kappa shape index (κ1) is 16.2. The van der Waals surface area contributed by atoms with Gasteiger partial charge in [0.2, 0.25) is 5.91 Å². The second-order valence-corrected chi connectivity index (χ2v) is 5.80. The number of ether oxygens (including phenoxy) is 1. The molecule has 0 saturated carbocycles. The van der Waals surface area contributed by atoms with E-state index < -0.39 is 12.0 Å². The van der Waals surface area contributed by atoms with Crippen molar-refractivity contribution in [3.05, 3.63) is 29.3 Å². The third kappa shape index (κ3) is 3.57. The van der Waals surface area contributed by atoms with Gasteiger partial charge in [-0.05, 0) is 30.0 Å². The summed E-state index contributed by atoms with van der Waals surface area (Å²) in [5.41, 5.74) is 7.23. The average molecular weight is 278 g/mol. The van der Waals surface area contributed by atoms with E-state index in [1.807, 2.05) is 20.8 Å². The lowest BCUT2D eigenvalue weighted by Crippen LogP contribution is -2.45. The Labute approximate surface area is 119 Å². The van der Waals surface area contributed by atoms with Crippen LogP contribution in [-0.4, -0.2) is 25.0 Å². The van der Waals surface area contributed by atoms with E-state index in [9.17, 15) is 9.59 Å². The van der Waals surface area contributed by atoms with Gasteiger partial charge in [-0.1, -0.05) is 26.8 Å². The summed E-state index contributed by atoms with van der Waals surface area (Å²) in [5.74, 6) is -0.707. The van der Waals surface area contributed by atoms with Gasteiger partial charge in [0.15, 0.2) is 0 Å². The van der Waals surface area contributed by atoms with Crippen molar-refractivity contribution in [2.75, 3.05) is 12.4 Å². The van der Waals surface area contributed by atoms with E-state index in [4.69, 9.17) is 10.5 Å². The summed E-state index contributed by atoms with van der Waals surface area (Å²) < 4.78 is 4.70. The molecular formula is C15H22N2O3. The molecule has 1 aromatic rings. The predicted molar refractivity (Wildman–Crippen MR) is 78.6 cm³/mol. The van der Waals surface area contributed by atoms with Gasteiger partial charge in [-0.2, -0.15) is 0 Å². The molecule has 5 nitrogen and oxygen atoms in total. The first-order valence-electron chi connectivity index (χ1n) is 6.43. The maximum absolute atomic E-state index is 12.1. The van der Waals surface area contributed by atoms with Crippen molar-refractivity contribution in [1.82, 2.24) is 0 Å². The highest BCUT2D eigenvalue weighted by Gasteiger charge is 2.28. The van der Waals surface area contributed by atoms with Crippen molar-refractivity contribution in [2.24, 2.45) is 11.1 Å². The highest BCUT2D eigenvalue weighted by Crippen LogP contribution is 2.22. The van der Waals surface area contributed by atoms with Gasteiger partial charge in [0, 0.05) is 5.69 Å². The minimum atomic E-state index is -0.635. The summed E-state index contributed by atoms with van der Waals surface area (Å²) in [7, 11) is 1.32. The lowest BCUT2D eigenvalue weighted by Gasteiger charge is -2.26. The van der Waals surface area contributed by atoms with Crippen molar-refractivity contribution < 1.29 is 14.3 Å². The number of esters is 1. The summed E-state index contributed by atoms with van der Waals surface area (Å²) in [6.45, 7) is 7.45. The molecule has 0 bridgehead atoms. The van der Waals surface area contributed by atoms with E-state index in [2.05, 4.69) is 5.32 Å². The fourth-order valence-electron chi connectivity index (χ4n) is 1.71. The number of carbonyl (C=O) groups is 2. The average Bonchev–Trinajstić information content (AvgIpc) is 2.38. The van der Waals surface area contributed by atoms with Crippen LogP contribution in [0.5, 0.6) is 0 Å². The number of nitrogens with two attached hydrogens (primary N) is 1. The highest BCUT2D eigenvalue weighted by atomic mass is 16.5. The van der Waals surface area contributed by atoms with Crippen LogP contribution < -0.4 is 11.1 Å². The van der Waals surface area contributed by atoms with E-state index in [0.29, 0.717) is 16.8 Å². The van der Waals surface area contributed by atoms with E-state index in [1.54, 1.807) is 25.1 Å². The van der Waals surface area contributed by atoms with Crippen molar-refractivity contribution in [2.45, 2.75) is 33.7 Å². The Morgan fingerprint density at radius 1 is 1.30 bits per heavy atom. The van der Waals surface area contributed by atoms with Gasteiger partial charge in [0.25, 0.3) is 0 Å². The molecule has 0 heterocycles. The van der Waals surface area contributed by atoms with Gasteiger partial charge >= 0.3 is 5.97 Å². The molecule has 0 saturated heterocycles. The lowest BCUT2D eigenvalue weighted by molar-refractivity contribution is -0.119. The van der Waals surface area contributed by atoms with Crippen LogP contribution in [0.2, 0.25) is 0 Å². The van der Waals surface area contributed by atoms with Gasteiger partial charge in [0.1, 0.15) is 0 Å². The van der Waals surface area contributed by atoms with Gasteiger partial charge in [-0.3, -0.25) is 4.79 Å². The van der Waals surface area contributed by atoms with Crippen LogP contribution in [0.15, 0.2) is 18.2 Å².